The van der Waals surface area contributed by atoms with Gasteiger partial charge in [-0.3, -0.25) is 4.79 Å². The van der Waals surface area contributed by atoms with Crippen molar-refractivity contribution in [2.75, 3.05) is 6.61 Å². The van der Waals surface area contributed by atoms with Crippen molar-refractivity contribution in [1.29, 1.82) is 0 Å². The van der Waals surface area contributed by atoms with Crippen molar-refractivity contribution < 1.29 is 9.53 Å². The molecule has 0 spiro atoms. The Hall–Kier alpha value is -3.01. The van der Waals surface area contributed by atoms with E-state index in [4.69, 9.17) is 4.74 Å². The Morgan fingerprint density at radius 1 is 0.897 bits per heavy atom. The molecule has 0 saturated carbocycles. The second-order valence-corrected chi connectivity index (χ2v) is 7.76. The number of aryl methyl sites for hydroxylation is 2. The highest BCUT2D eigenvalue weighted by atomic mass is 16.5. The van der Waals surface area contributed by atoms with Crippen LogP contribution in [0.5, 0.6) is 0 Å². The van der Waals surface area contributed by atoms with E-state index in [1.807, 2.05) is 0 Å². The van der Waals surface area contributed by atoms with E-state index in [0.717, 1.165) is 12.8 Å². The number of esters is 1. The molecule has 0 radical (unpaired) electrons. The highest BCUT2D eigenvalue weighted by molar-refractivity contribution is 5.90. The van der Waals surface area contributed by atoms with E-state index in [1.54, 1.807) is 0 Å². The van der Waals surface area contributed by atoms with Gasteiger partial charge >= 0.3 is 5.97 Å². The van der Waals surface area contributed by atoms with Gasteiger partial charge in [-0.05, 0) is 29.7 Å². The van der Waals surface area contributed by atoms with Crippen LogP contribution in [-0.4, -0.2) is 21.7 Å². The fourth-order valence-corrected chi connectivity index (χ4v) is 4.24. The molecule has 2 aromatic carbocycles. The Morgan fingerprint density at radius 2 is 1.41 bits per heavy atom. The van der Waals surface area contributed by atoms with Crippen molar-refractivity contribution in [2.45, 2.75) is 32.1 Å². The Kier molecular flexibility index (Phi) is 5.43. The molecule has 0 bridgehead atoms. The monoisotopic (exact) mass is 388 g/mol. The molecule has 0 aliphatic carbocycles. The van der Waals surface area contributed by atoms with Gasteiger partial charge in [0.1, 0.15) is 0 Å². The molecule has 0 saturated heterocycles. The molecule has 2 aromatic heterocycles. The number of para-hydroxylation sites is 2. The molecule has 4 heteroatoms. The first kappa shape index (κ1) is 19.3. The van der Waals surface area contributed by atoms with Crippen molar-refractivity contribution in [2.24, 2.45) is 14.1 Å². The van der Waals surface area contributed by atoms with E-state index >= 15 is 0 Å². The number of fused-ring (bicyclic) bond motifs is 2. The average molecular weight is 389 g/mol. The number of hydrogen-bond donors (Lipinski definition) is 0. The standard InChI is InChI=1S/C25H28N2O2/c1-4-5-14-29-25(28)15-20(21-16-26(2)23-12-8-6-10-18(21)23)22-17-27(3)24-13-9-7-11-19(22)24/h6-13,16-17,20H,4-5,14-15H2,1-3H3. The molecule has 29 heavy (non-hydrogen) atoms. The number of aromatic nitrogens is 2. The minimum atomic E-state index is -0.135. The summed E-state index contributed by atoms with van der Waals surface area (Å²) in [7, 11) is 4.12. The van der Waals surface area contributed by atoms with Crippen molar-refractivity contribution in [3.63, 3.8) is 0 Å². The Labute approximate surface area is 171 Å². The number of ether oxygens (including phenoxy) is 1. The number of carbonyl (C=O) groups is 1. The fraction of sp³-hybridized carbons (Fsp3) is 0.320. The lowest BCUT2D eigenvalue weighted by Gasteiger charge is -2.16. The van der Waals surface area contributed by atoms with Gasteiger partial charge in [-0.25, -0.2) is 0 Å². The second kappa shape index (κ2) is 8.16. The van der Waals surface area contributed by atoms with Crippen molar-refractivity contribution >= 4 is 27.8 Å². The maximum absolute atomic E-state index is 12.7. The molecule has 0 aliphatic heterocycles. The lowest BCUT2D eigenvalue weighted by Crippen LogP contribution is -2.12. The molecule has 0 N–H and O–H groups in total. The van der Waals surface area contributed by atoms with Crippen LogP contribution in [0.4, 0.5) is 0 Å². The van der Waals surface area contributed by atoms with Gasteiger partial charge in [-0.1, -0.05) is 49.7 Å². The van der Waals surface area contributed by atoms with Crippen molar-refractivity contribution in [3.05, 3.63) is 72.1 Å². The zero-order valence-electron chi connectivity index (χ0n) is 17.4. The van der Waals surface area contributed by atoms with Crippen LogP contribution in [0.25, 0.3) is 21.8 Å². The van der Waals surface area contributed by atoms with Crippen LogP contribution in [0.15, 0.2) is 60.9 Å². The summed E-state index contributed by atoms with van der Waals surface area (Å²) < 4.78 is 9.83. The van der Waals surface area contributed by atoms with Crippen LogP contribution < -0.4 is 0 Å². The number of hydrogen-bond acceptors (Lipinski definition) is 2. The van der Waals surface area contributed by atoms with Crippen LogP contribution in [0.1, 0.15) is 43.2 Å². The number of nitrogens with zero attached hydrogens (tertiary/aromatic N) is 2. The Balaban J connectivity index is 1.82. The summed E-state index contributed by atoms with van der Waals surface area (Å²) in [5, 5.41) is 2.38. The quantitative estimate of drug-likeness (QED) is 0.308. The molecule has 4 nitrogen and oxygen atoms in total. The van der Waals surface area contributed by atoms with E-state index in [2.05, 4.69) is 91.1 Å². The van der Waals surface area contributed by atoms with E-state index in [0.29, 0.717) is 13.0 Å². The molecule has 0 fully saturated rings. The molecule has 2 heterocycles. The van der Waals surface area contributed by atoms with Gasteiger partial charge in [0.2, 0.25) is 0 Å². The summed E-state index contributed by atoms with van der Waals surface area (Å²) in [6.07, 6.45) is 6.58. The topological polar surface area (TPSA) is 36.2 Å². The average Bonchev–Trinajstić information content (AvgIpc) is 3.24. The zero-order chi connectivity index (χ0) is 20.4. The zero-order valence-corrected chi connectivity index (χ0v) is 17.4. The molecule has 0 unspecified atom stereocenters. The van der Waals surface area contributed by atoms with Gasteiger partial charge < -0.3 is 13.9 Å². The summed E-state index contributed by atoms with van der Waals surface area (Å²) in [6.45, 7) is 2.59. The van der Waals surface area contributed by atoms with Gasteiger partial charge in [0, 0.05) is 54.2 Å². The van der Waals surface area contributed by atoms with E-state index in [1.165, 1.54) is 32.9 Å². The molecule has 4 aromatic rings. The number of rotatable bonds is 7. The minimum Gasteiger partial charge on any atom is -0.466 e. The second-order valence-electron chi connectivity index (χ2n) is 7.76. The van der Waals surface area contributed by atoms with Gasteiger partial charge in [0.05, 0.1) is 13.0 Å². The summed E-state index contributed by atoms with van der Waals surface area (Å²) in [5.41, 5.74) is 4.69. The van der Waals surface area contributed by atoms with Crippen molar-refractivity contribution in [3.8, 4) is 0 Å². The third-order valence-corrected chi connectivity index (χ3v) is 5.74. The predicted octanol–water partition coefficient (Wildman–Crippen LogP) is 5.54. The molecule has 0 aliphatic rings. The normalized spacial score (nSPS) is 11.6. The summed E-state index contributed by atoms with van der Waals surface area (Å²) in [5.74, 6) is -0.189. The molecule has 0 amide bonds. The van der Waals surface area contributed by atoms with E-state index in [9.17, 15) is 4.79 Å². The molecule has 150 valence electrons. The fourth-order valence-electron chi connectivity index (χ4n) is 4.24. The molecule has 0 atom stereocenters. The summed E-state index contributed by atoms with van der Waals surface area (Å²) >= 11 is 0. The van der Waals surface area contributed by atoms with Crippen LogP contribution in [0.3, 0.4) is 0 Å². The number of carbonyl (C=O) groups excluding carboxylic acids is 1. The largest absolute Gasteiger partial charge is 0.466 e. The van der Waals surface area contributed by atoms with Crippen LogP contribution in [0.2, 0.25) is 0 Å². The first-order chi connectivity index (χ1) is 14.1. The third kappa shape index (κ3) is 3.67. The number of benzene rings is 2. The maximum Gasteiger partial charge on any atom is 0.306 e. The predicted molar refractivity (Wildman–Crippen MR) is 118 cm³/mol. The lowest BCUT2D eigenvalue weighted by atomic mass is 9.88. The highest BCUT2D eigenvalue weighted by Crippen LogP contribution is 2.38. The van der Waals surface area contributed by atoms with Gasteiger partial charge in [-0.2, -0.15) is 0 Å². The molecule has 4 rings (SSSR count). The molecular weight excluding hydrogens is 360 g/mol. The summed E-state index contributed by atoms with van der Waals surface area (Å²) in [4.78, 5) is 12.7. The smallest absolute Gasteiger partial charge is 0.306 e. The van der Waals surface area contributed by atoms with Crippen LogP contribution >= 0.6 is 0 Å². The van der Waals surface area contributed by atoms with Gasteiger partial charge in [0.15, 0.2) is 0 Å². The SMILES string of the molecule is CCCCOC(=O)CC(c1cn(C)c2ccccc12)c1cn(C)c2ccccc12. The third-order valence-electron chi connectivity index (χ3n) is 5.74. The van der Waals surface area contributed by atoms with Gasteiger partial charge in [0.25, 0.3) is 0 Å². The van der Waals surface area contributed by atoms with Gasteiger partial charge in [-0.15, -0.1) is 0 Å². The van der Waals surface area contributed by atoms with E-state index < -0.39 is 0 Å². The maximum atomic E-state index is 12.7. The minimum absolute atomic E-state index is 0.0543. The van der Waals surface area contributed by atoms with Crippen LogP contribution in [0, 0.1) is 0 Å². The van der Waals surface area contributed by atoms with E-state index in [-0.39, 0.29) is 11.9 Å². The first-order valence-corrected chi connectivity index (χ1v) is 10.3. The first-order valence-electron chi connectivity index (χ1n) is 10.3. The van der Waals surface area contributed by atoms with Crippen LogP contribution in [-0.2, 0) is 23.6 Å². The lowest BCUT2D eigenvalue weighted by molar-refractivity contribution is -0.144. The highest BCUT2D eigenvalue weighted by Gasteiger charge is 2.25. The molecular formula is C25H28N2O2. The Morgan fingerprint density at radius 3 is 1.93 bits per heavy atom. The summed E-state index contributed by atoms with van der Waals surface area (Å²) in [6, 6.07) is 16.8. The number of unbranched alkanes of at least 4 members (excludes halogenated alkanes) is 1. The Bertz CT molecular complexity index is 1070. The van der Waals surface area contributed by atoms with Crippen molar-refractivity contribution in [1.82, 2.24) is 9.13 Å².